The molecule has 3 rings (SSSR count). The first-order valence-electron chi connectivity index (χ1n) is 6.10. The zero-order valence-electron chi connectivity index (χ0n) is 10.6. The van der Waals surface area contributed by atoms with Crippen molar-refractivity contribution in [3.05, 3.63) is 22.7 Å². The lowest BCUT2D eigenvalue weighted by atomic mass is 10.1. The van der Waals surface area contributed by atoms with Gasteiger partial charge in [-0.2, -0.15) is 0 Å². The molecule has 1 aliphatic heterocycles. The van der Waals surface area contributed by atoms with Gasteiger partial charge in [-0.3, -0.25) is 9.69 Å². The van der Waals surface area contributed by atoms with Crippen LogP contribution in [0.5, 0.6) is 0 Å². The standard InChI is InChI=1S/C12H10BrClN2O3S2/c13-8-1-2-9-10(4-8)20-12(15-9)16-5-7(3-11(16)17)6-21(14,18)19/h1-2,4,7H,3,5-6H2. The van der Waals surface area contributed by atoms with E-state index in [1.54, 1.807) is 4.90 Å². The predicted octanol–water partition coefficient (Wildman–Crippen LogP) is 2.98. The Kier molecular flexibility index (Phi) is 3.98. The van der Waals surface area contributed by atoms with Crippen LogP contribution in [0.1, 0.15) is 6.42 Å². The molecule has 112 valence electrons. The first-order chi connectivity index (χ1) is 9.82. The van der Waals surface area contributed by atoms with Crippen LogP contribution < -0.4 is 4.90 Å². The predicted molar refractivity (Wildman–Crippen MR) is 87.4 cm³/mol. The summed E-state index contributed by atoms with van der Waals surface area (Å²) < 4.78 is 24.2. The number of hydrogen-bond donors (Lipinski definition) is 0. The molecule has 1 aromatic carbocycles. The highest BCUT2D eigenvalue weighted by atomic mass is 79.9. The van der Waals surface area contributed by atoms with Crippen molar-refractivity contribution in [3.63, 3.8) is 0 Å². The highest BCUT2D eigenvalue weighted by Crippen LogP contribution is 2.34. The average Bonchev–Trinajstić information content (AvgIpc) is 2.89. The molecular formula is C12H10BrClN2O3S2. The summed E-state index contributed by atoms with van der Waals surface area (Å²) in [5.41, 5.74) is 0.819. The molecule has 1 atom stereocenters. The van der Waals surface area contributed by atoms with Crippen molar-refractivity contribution in [1.82, 2.24) is 4.98 Å². The molecule has 2 heterocycles. The minimum atomic E-state index is -3.60. The molecule has 0 radical (unpaired) electrons. The molecule has 0 N–H and O–H groups in total. The molecule has 1 aliphatic rings. The Labute approximate surface area is 138 Å². The highest BCUT2D eigenvalue weighted by Gasteiger charge is 2.34. The van der Waals surface area contributed by atoms with Gasteiger partial charge in [0, 0.05) is 34.0 Å². The number of carbonyl (C=O) groups is 1. The first-order valence-corrected chi connectivity index (χ1v) is 10.2. The van der Waals surface area contributed by atoms with Gasteiger partial charge < -0.3 is 0 Å². The smallest absolute Gasteiger partial charge is 0.232 e. The molecule has 0 saturated carbocycles. The molecule has 1 fully saturated rings. The average molecular weight is 410 g/mol. The Morgan fingerprint density at radius 1 is 1.48 bits per heavy atom. The molecule has 0 bridgehead atoms. The van der Waals surface area contributed by atoms with Crippen LogP contribution in [0, 0.1) is 5.92 Å². The maximum Gasteiger partial charge on any atom is 0.232 e. The Morgan fingerprint density at radius 2 is 2.24 bits per heavy atom. The second kappa shape index (κ2) is 5.49. The van der Waals surface area contributed by atoms with Crippen LogP contribution in [0.4, 0.5) is 5.13 Å². The molecular weight excluding hydrogens is 400 g/mol. The van der Waals surface area contributed by atoms with Crippen LogP contribution in [0.2, 0.25) is 0 Å². The minimum absolute atomic E-state index is 0.113. The summed E-state index contributed by atoms with van der Waals surface area (Å²) in [6.07, 6.45) is 0.186. The van der Waals surface area contributed by atoms with Crippen molar-refractivity contribution in [3.8, 4) is 0 Å². The van der Waals surface area contributed by atoms with E-state index in [1.165, 1.54) is 11.3 Å². The fourth-order valence-electron chi connectivity index (χ4n) is 2.36. The Balaban J connectivity index is 1.87. The van der Waals surface area contributed by atoms with Crippen molar-refractivity contribution < 1.29 is 13.2 Å². The minimum Gasteiger partial charge on any atom is -0.288 e. The Bertz CT molecular complexity index is 821. The van der Waals surface area contributed by atoms with Gasteiger partial charge >= 0.3 is 0 Å². The van der Waals surface area contributed by atoms with Gasteiger partial charge in [0.2, 0.25) is 15.0 Å². The van der Waals surface area contributed by atoms with Gasteiger partial charge in [-0.1, -0.05) is 27.3 Å². The van der Waals surface area contributed by atoms with E-state index >= 15 is 0 Å². The lowest BCUT2D eigenvalue weighted by Crippen LogP contribution is -2.25. The van der Waals surface area contributed by atoms with Crippen molar-refractivity contribution in [1.29, 1.82) is 0 Å². The van der Waals surface area contributed by atoms with Crippen LogP contribution in [0.25, 0.3) is 10.2 Å². The third kappa shape index (κ3) is 3.39. The van der Waals surface area contributed by atoms with Crippen molar-refractivity contribution in [2.24, 2.45) is 5.92 Å². The third-order valence-corrected chi connectivity index (χ3v) is 5.99. The van der Waals surface area contributed by atoms with Gasteiger partial charge in [0.1, 0.15) is 0 Å². The SMILES string of the molecule is O=C1CC(CS(=O)(=O)Cl)CN1c1nc2ccc(Br)cc2s1. The number of benzene rings is 1. The monoisotopic (exact) mass is 408 g/mol. The largest absolute Gasteiger partial charge is 0.288 e. The van der Waals surface area contributed by atoms with E-state index < -0.39 is 9.05 Å². The molecule has 0 aliphatic carbocycles. The number of fused-ring (bicyclic) bond motifs is 1. The summed E-state index contributed by atoms with van der Waals surface area (Å²) in [4.78, 5) is 18.0. The zero-order valence-corrected chi connectivity index (χ0v) is 14.6. The number of rotatable bonds is 3. The number of carbonyl (C=O) groups excluding carboxylic acids is 1. The summed E-state index contributed by atoms with van der Waals surface area (Å²) in [6.45, 7) is 0.339. The summed E-state index contributed by atoms with van der Waals surface area (Å²) in [6, 6.07) is 5.71. The fourth-order valence-corrected chi connectivity index (χ4v) is 5.23. The van der Waals surface area contributed by atoms with Crippen LogP contribution in [0.3, 0.4) is 0 Å². The summed E-state index contributed by atoms with van der Waals surface area (Å²) in [5, 5.41) is 0.600. The van der Waals surface area contributed by atoms with E-state index in [9.17, 15) is 13.2 Å². The van der Waals surface area contributed by atoms with Crippen LogP contribution in [0.15, 0.2) is 22.7 Å². The molecule has 1 aromatic heterocycles. The van der Waals surface area contributed by atoms with Gasteiger partial charge in [-0.15, -0.1) is 0 Å². The third-order valence-electron chi connectivity index (χ3n) is 3.21. The number of aromatic nitrogens is 1. The highest BCUT2D eigenvalue weighted by molar-refractivity contribution is 9.10. The van der Waals surface area contributed by atoms with Gasteiger partial charge in [0.15, 0.2) is 5.13 Å². The molecule has 0 spiro atoms. The van der Waals surface area contributed by atoms with Crippen molar-refractivity contribution in [2.75, 3.05) is 17.2 Å². The summed E-state index contributed by atoms with van der Waals surface area (Å²) in [7, 11) is 1.66. The molecule has 9 heteroatoms. The first kappa shape index (κ1) is 15.2. The van der Waals surface area contributed by atoms with E-state index in [-0.39, 0.29) is 24.0 Å². The van der Waals surface area contributed by atoms with Crippen molar-refractivity contribution >= 4 is 68.3 Å². The van der Waals surface area contributed by atoms with E-state index in [2.05, 4.69) is 20.9 Å². The lowest BCUT2D eigenvalue weighted by Gasteiger charge is -2.12. The second-order valence-corrected chi connectivity index (χ2v) is 9.63. The van der Waals surface area contributed by atoms with Gasteiger partial charge in [-0.05, 0) is 18.2 Å². The van der Waals surface area contributed by atoms with E-state index in [1.807, 2.05) is 18.2 Å². The maximum absolute atomic E-state index is 12.1. The van der Waals surface area contributed by atoms with Crippen molar-refractivity contribution in [2.45, 2.75) is 6.42 Å². The number of halogens is 2. The molecule has 1 saturated heterocycles. The molecule has 2 aromatic rings. The maximum atomic E-state index is 12.1. The fraction of sp³-hybridized carbons (Fsp3) is 0.333. The van der Waals surface area contributed by atoms with Crippen LogP contribution in [-0.4, -0.2) is 31.6 Å². The quantitative estimate of drug-likeness (QED) is 0.731. The number of nitrogens with zero attached hydrogens (tertiary/aromatic N) is 2. The second-order valence-electron chi connectivity index (χ2n) is 4.89. The number of anilines is 1. The molecule has 21 heavy (non-hydrogen) atoms. The van der Waals surface area contributed by atoms with Gasteiger partial charge in [0.05, 0.1) is 16.0 Å². The van der Waals surface area contributed by atoms with E-state index in [0.29, 0.717) is 11.7 Å². The summed E-state index contributed by atoms with van der Waals surface area (Å²) in [5.74, 6) is -0.579. The topological polar surface area (TPSA) is 67.3 Å². The molecule has 5 nitrogen and oxygen atoms in total. The number of amides is 1. The molecule has 1 unspecified atom stereocenters. The normalized spacial score (nSPS) is 19.6. The molecule has 1 amide bonds. The van der Waals surface area contributed by atoms with Crippen LogP contribution in [-0.2, 0) is 13.8 Å². The van der Waals surface area contributed by atoms with Crippen LogP contribution >= 0.6 is 37.9 Å². The lowest BCUT2D eigenvalue weighted by molar-refractivity contribution is -0.117. The number of thiazole rings is 1. The Morgan fingerprint density at radius 3 is 2.95 bits per heavy atom. The number of hydrogen-bond acceptors (Lipinski definition) is 5. The van der Waals surface area contributed by atoms with E-state index in [0.717, 1.165) is 14.7 Å². The Hall–Kier alpha value is -0.700. The van der Waals surface area contributed by atoms with E-state index in [4.69, 9.17) is 10.7 Å². The zero-order chi connectivity index (χ0) is 15.2. The van der Waals surface area contributed by atoms with Gasteiger partial charge in [0.25, 0.3) is 0 Å². The summed E-state index contributed by atoms with van der Waals surface area (Å²) >= 11 is 4.81. The van der Waals surface area contributed by atoms with Gasteiger partial charge in [-0.25, -0.2) is 13.4 Å².